The van der Waals surface area contributed by atoms with Crippen LogP contribution in [0.2, 0.25) is 0 Å². The van der Waals surface area contributed by atoms with Crippen LogP contribution in [-0.2, 0) is 25.0 Å². The van der Waals surface area contributed by atoms with E-state index in [0.29, 0.717) is 6.07 Å². The topological polar surface area (TPSA) is 167 Å². The van der Waals surface area contributed by atoms with Crippen molar-refractivity contribution in [3.63, 3.8) is 0 Å². The number of rotatable bonds is 3. The summed E-state index contributed by atoms with van der Waals surface area (Å²) < 4.78 is 72.6. The Balaban J connectivity index is 0.00000288. The second-order valence-electron chi connectivity index (χ2n) is 4.50. The zero-order valence-corrected chi connectivity index (χ0v) is 19.1. The molecule has 0 heterocycles. The Bertz CT molecular complexity index is 1030. The largest absolute Gasteiger partial charge is 1.00 e. The number of nitrogen functional groups attached to an aromatic ring is 1. The summed E-state index contributed by atoms with van der Waals surface area (Å²) in [6, 6.07) is 3.79. The van der Waals surface area contributed by atoms with Crippen molar-refractivity contribution < 1.29 is 94.6 Å². The fourth-order valence-electron chi connectivity index (χ4n) is 2.03. The summed E-state index contributed by atoms with van der Waals surface area (Å²) in [4.78, 5) is 9.35. The monoisotopic (exact) mass is 405 g/mol. The molecule has 0 unspecified atom stereocenters. The van der Waals surface area contributed by atoms with Gasteiger partial charge in [-0.25, -0.2) is 16.8 Å². The van der Waals surface area contributed by atoms with Crippen molar-refractivity contribution in [1.82, 2.24) is 0 Å². The van der Waals surface area contributed by atoms with Gasteiger partial charge in [-0.3, -0.25) is 4.79 Å². The molecular weight excluding hydrogens is 396 g/mol. The molecule has 0 aliphatic rings. The summed E-state index contributed by atoms with van der Waals surface area (Å²) in [5.74, 6) is -1.22. The van der Waals surface area contributed by atoms with E-state index in [1.807, 2.05) is 0 Å². The maximum absolute atomic E-state index is 11.4. The number of hydrogen-bond donors (Lipinski definition) is 1. The number of hydrogen-bond acceptors (Lipinski definition) is 9. The molecule has 2 rings (SSSR count). The van der Waals surface area contributed by atoms with Crippen molar-refractivity contribution in [3.05, 3.63) is 24.3 Å². The van der Waals surface area contributed by atoms with Crippen molar-refractivity contribution in [2.24, 2.45) is 0 Å². The second kappa shape index (κ2) is 8.65. The van der Waals surface area contributed by atoms with E-state index in [2.05, 4.69) is 0 Å². The third-order valence-corrected chi connectivity index (χ3v) is 4.61. The minimum Gasteiger partial charge on any atom is -0.744 e. The van der Waals surface area contributed by atoms with E-state index in [9.17, 15) is 30.7 Å². The van der Waals surface area contributed by atoms with Crippen molar-refractivity contribution in [1.29, 1.82) is 0 Å². The third-order valence-electron chi connectivity index (χ3n) is 2.84. The van der Waals surface area contributed by atoms with Crippen molar-refractivity contribution in [2.75, 3.05) is 5.73 Å². The fourth-order valence-corrected chi connectivity index (χ4v) is 3.34. The summed E-state index contributed by atoms with van der Waals surface area (Å²) >= 11 is 0. The number of carbonyl (C=O) groups excluding carboxylic acids is 1. The SMILES string of the molecule is CC(=O)Oc1cc(S(=O)(=O)[O-])cc2c(S(=O)(=O)[O-])c(N)ccc12.[Na+].[Na+]. The Kier molecular flexibility index (Phi) is 8.58. The number of esters is 1. The normalized spacial score (nSPS) is 11.3. The molecule has 2 N–H and O–H groups in total. The van der Waals surface area contributed by atoms with Crippen LogP contribution in [0.15, 0.2) is 34.1 Å². The van der Waals surface area contributed by atoms with Crippen LogP contribution >= 0.6 is 0 Å². The van der Waals surface area contributed by atoms with Crippen LogP contribution in [0.5, 0.6) is 5.75 Å². The first-order valence-electron chi connectivity index (χ1n) is 5.87. The number of carbonyl (C=O) groups is 1. The molecule has 25 heavy (non-hydrogen) atoms. The van der Waals surface area contributed by atoms with Gasteiger partial charge in [-0.15, -0.1) is 0 Å². The van der Waals surface area contributed by atoms with E-state index in [-0.39, 0.29) is 70.3 Å². The molecule has 13 heteroatoms. The predicted molar refractivity (Wildman–Crippen MR) is 75.6 cm³/mol. The molecular formula is C12H9NNa2O8S2. The second-order valence-corrected chi connectivity index (χ2v) is 7.20. The van der Waals surface area contributed by atoms with Crippen LogP contribution in [0.25, 0.3) is 10.8 Å². The minimum atomic E-state index is -5.08. The predicted octanol–water partition coefficient (Wildman–Crippen LogP) is -5.84. The van der Waals surface area contributed by atoms with E-state index in [4.69, 9.17) is 10.5 Å². The summed E-state index contributed by atoms with van der Waals surface area (Å²) in [6.07, 6.45) is 0. The van der Waals surface area contributed by atoms with Crippen LogP contribution < -0.4 is 69.6 Å². The van der Waals surface area contributed by atoms with Gasteiger partial charge in [0.05, 0.1) is 9.79 Å². The van der Waals surface area contributed by atoms with E-state index in [1.54, 1.807) is 0 Å². The molecule has 0 amide bonds. The van der Waals surface area contributed by atoms with Crippen LogP contribution in [0.1, 0.15) is 6.92 Å². The standard InChI is InChI=1S/C12H11NO8S2.2Na/c1-6(14)21-11-5-7(22(15,16)17)4-9-8(11)2-3-10(13)12(9)23(18,19)20;;/h2-5H,13H2,1H3,(H,15,16,17)(H,18,19,20);;/q;2*+1/p-2. The average Bonchev–Trinajstić information content (AvgIpc) is 2.34. The summed E-state index contributed by atoms with van der Waals surface area (Å²) in [5.41, 5.74) is 5.04. The molecule has 0 aliphatic carbocycles. The molecule has 2 aromatic rings. The van der Waals surface area contributed by atoms with Crippen molar-refractivity contribution in [3.8, 4) is 5.75 Å². The summed E-state index contributed by atoms with van der Waals surface area (Å²) in [7, 11) is -10.1. The fraction of sp³-hybridized carbons (Fsp3) is 0.0833. The molecule has 0 fully saturated rings. The number of anilines is 1. The number of ether oxygens (including phenoxy) is 1. The summed E-state index contributed by atoms with van der Waals surface area (Å²) in [6.45, 7) is 1.02. The molecule has 9 nitrogen and oxygen atoms in total. The Morgan fingerprint density at radius 1 is 1.00 bits per heavy atom. The first-order chi connectivity index (χ1) is 10.4. The van der Waals surface area contributed by atoms with E-state index in [0.717, 1.165) is 19.1 Å². The Hall–Kier alpha value is -0.210. The van der Waals surface area contributed by atoms with Gasteiger partial charge in [0.1, 0.15) is 26.0 Å². The smallest absolute Gasteiger partial charge is 0.744 e. The quantitative estimate of drug-likeness (QED) is 0.172. The van der Waals surface area contributed by atoms with Gasteiger partial charge in [-0.1, -0.05) is 0 Å². The van der Waals surface area contributed by atoms with Gasteiger partial charge in [0.25, 0.3) is 0 Å². The molecule has 0 radical (unpaired) electrons. The average molecular weight is 405 g/mol. The Morgan fingerprint density at radius 2 is 1.56 bits per heavy atom. The van der Waals surface area contributed by atoms with Crippen LogP contribution in [0, 0.1) is 0 Å². The number of fused-ring (bicyclic) bond motifs is 1. The Labute approximate surface area is 188 Å². The van der Waals surface area contributed by atoms with Gasteiger partial charge >= 0.3 is 65.1 Å². The molecule has 0 bridgehead atoms. The molecule has 0 atom stereocenters. The molecule has 124 valence electrons. The molecule has 0 aromatic heterocycles. The maximum Gasteiger partial charge on any atom is 1.00 e. The minimum absolute atomic E-state index is 0. The van der Waals surface area contributed by atoms with Crippen LogP contribution in [-0.4, -0.2) is 31.9 Å². The van der Waals surface area contributed by atoms with Gasteiger partial charge in [0, 0.05) is 23.4 Å². The van der Waals surface area contributed by atoms with E-state index >= 15 is 0 Å². The van der Waals surface area contributed by atoms with Crippen molar-refractivity contribution >= 4 is 42.7 Å². The zero-order valence-electron chi connectivity index (χ0n) is 13.5. The third kappa shape index (κ3) is 5.63. The summed E-state index contributed by atoms with van der Waals surface area (Å²) in [5, 5.41) is -0.482. The van der Waals surface area contributed by atoms with Crippen LogP contribution in [0.3, 0.4) is 0 Å². The Morgan fingerprint density at radius 3 is 2.00 bits per heavy atom. The molecule has 2 aromatic carbocycles. The van der Waals surface area contributed by atoms with Gasteiger partial charge in [0.15, 0.2) is 0 Å². The van der Waals surface area contributed by atoms with E-state index < -0.39 is 47.1 Å². The van der Waals surface area contributed by atoms with Gasteiger partial charge in [0.2, 0.25) is 0 Å². The zero-order chi connectivity index (χ0) is 17.6. The number of nitrogens with two attached hydrogens (primary N) is 1. The first kappa shape index (κ1) is 24.8. The van der Waals surface area contributed by atoms with Crippen molar-refractivity contribution in [2.45, 2.75) is 16.7 Å². The number of benzene rings is 2. The maximum atomic E-state index is 11.4. The molecule has 0 spiro atoms. The molecule has 0 saturated heterocycles. The van der Waals surface area contributed by atoms with Gasteiger partial charge < -0.3 is 19.6 Å². The molecule has 0 aliphatic heterocycles. The van der Waals surface area contributed by atoms with Gasteiger partial charge in [-0.05, 0) is 24.3 Å². The first-order valence-corrected chi connectivity index (χ1v) is 8.69. The van der Waals surface area contributed by atoms with Gasteiger partial charge in [-0.2, -0.15) is 0 Å². The van der Waals surface area contributed by atoms with E-state index in [1.165, 1.54) is 6.07 Å². The van der Waals surface area contributed by atoms with Crippen LogP contribution in [0.4, 0.5) is 5.69 Å². The molecule has 0 saturated carbocycles.